The van der Waals surface area contributed by atoms with E-state index >= 15 is 0 Å². The predicted molar refractivity (Wildman–Crippen MR) is 176 cm³/mol. The largest absolute Gasteiger partial charge is 0.523 e. The van der Waals surface area contributed by atoms with E-state index in [1.165, 1.54) is 26.2 Å². The lowest BCUT2D eigenvalue weighted by molar-refractivity contribution is -0.175. The summed E-state index contributed by atoms with van der Waals surface area (Å²) in [5, 5.41) is 0. The van der Waals surface area contributed by atoms with Gasteiger partial charge in [0.1, 0.15) is 36.4 Å². The maximum absolute atomic E-state index is 13.6. The molecule has 21 heteroatoms. The van der Waals surface area contributed by atoms with E-state index in [1.54, 1.807) is 72.8 Å². The van der Waals surface area contributed by atoms with E-state index in [-0.39, 0.29) is 11.1 Å². The van der Waals surface area contributed by atoms with Gasteiger partial charge in [0, 0.05) is 18.2 Å². The molecule has 4 aromatic rings. The van der Waals surface area contributed by atoms with Crippen molar-refractivity contribution in [3.8, 4) is 5.75 Å². The highest BCUT2D eigenvalue weighted by Gasteiger charge is 2.59. The number of methoxy groups -OCH3 is 1. The monoisotopic (exact) mass is 808 g/mol. The number of hydrogen-bond acceptors (Lipinski definition) is 11. The van der Waals surface area contributed by atoms with E-state index in [9.17, 15) is 52.8 Å². The number of aromatic amines is 1. The Morgan fingerprint density at radius 2 is 1.24 bits per heavy atom. The summed E-state index contributed by atoms with van der Waals surface area (Å²) in [4.78, 5) is 27.2. The van der Waals surface area contributed by atoms with Crippen molar-refractivity contribution in [2.45, 2.75) is 47.9 Å². The van der Waals surface area contributed by atoms with Gasteiger partial charge in [-0.2, -0.15) is 43.2 Å². The number of alkyl halides is 6. The number of rotatable bonds is 13. The molecule has 292 valence electrons. The lowest BCUT2D eigenvalue weighted by atomic mass is 9.79. The Hall–Kier alpha value is -4.54. The van der Waals surface area contributed by atoms with Crippen LogP contribution in [-0.2, 0) is 43.7 Å². The Morgan fingerprint density at radius 1 is 0.778 bits per heavy atom. The van der Waals surface area contributed by atoms with E-state index in [4.69, 9.17) is 14.2 Å². The standard InChI is InChI=1S/C33H30F6N2O11S2/c1-21-18-41(29(43)40-28(21)42)27-17-26(30(52-27,19-49-53(44,45)32(34,35)36)20-50-54(46,47)33(37,38)39)51-31(22-9-5-3-6-10-22,23-11-7-4-8-12-23)24-13-15-25(48-2)16-14-24/h3-16,18,26-27H,17,19-20H2,1-2H3,(H,40,42,43)/t26-,27-/m1/s1. The fraction of sp³-hybridized carbons (Fsp3) is 0.333. The highest BCUT2D eigenvalue weighted by Crippen LogP contribution is 2.49. The van der Waals surface area contributed by atoms with Crippen molar-refractivity contribution in [3.63, 3.8) is 0 Å². The average molecular weight is 809 g/mol. The molecule has 0 aliphatic carbocycles. The molecule has 0 spiro atoms. The zero-order chi connectivity index (χ0) is 39.7. The molecule has 0 bridgehead atoms. The summed E-state index contributed by atoms with van der Waals surface area (Å²) in [6.07, 6.45) is -3.48. The first kappa shape index (κ1) is 40.6. The summed E-state index contributed by atoms with van der Waals surface area (Å²) in [7, 11) is -11.7. The first-order chi connectivity index (χ1) is 25.2. The number of nitrogens with one attached hydrogen (secondary N) is 1. The summed E-state index contributed by atoms with van der Waals surface area (Å²) in [6.45, 7) is -2.42. The number of ether oxygens (including phenoxy) is 3. The van der Waals surface area contributed by atoms with Crippen molar-refractivity contribution in [1.29, 1.82) is 0 Å². The summed E-state index contributed by atoms with van der Waals surface area (Å²) in [5.74, 6) is 0.372. The molecule has 0 radical (unpaired) electrons. The second-order valence-corrected chi connectivity index (χ2v) is 15.1. The molecule has 0 unspecified atom stereocenters. The second kappa shape index (κ2) is 14.9. The molecule has 0 saturated carbocycles. The van der Waals surface area contributed by atoms with Crippen LogP contribution in [0.25, 0.3) is 0 Å². The summed E-state index contributed by atoms with van der Waals surface area (Å²) in [5.41, 5.74) is -18.2. The molecule has 13 nitrogen and oxygen atoms in total. The minimum Gasteiger partial charge on any atom is -0.497 e. The molecule has 0 amide bonds. The van der Waals surface area contributed by atoms with Crippen molar-refractivity contribution < 1.29 is 65.8 Å². The van der Waals surface area contributed by atoms with Gasteiger partial charge < -0.3 is 14.2 Å². The summed E-state index contributed by atoms with van der Waals surface area (Å²) >= 11 is 0. The van der Waals surface area contributed by atoms with Gasteiger partial charge in [-0.3, -0.25) is 22.7 Å². The molecule has 1 fully saturated rings. The van der Waals surface area contributed by atoms with Gasteiger partial charge in [-0.05, 0) is 35.7 Å². The van der Waals surface area contributed by atoms with Gasteiger partial charge >= 0.3 is 36.9 Å². The van der Waals surface area contributed by atoms with Crippen LogP contribution in [0, 0.1) is 6.92 Å². The normalized spacial score (nSPS) is 18.1. The van der Waals surface area contributed by atoms with Crippen LogP contribution in [0.5, 0.6) is 5.75 Å². The van der Waals surface area contributed by atoms with Crippen molar-refractivity contribution in [2.75, 3.05) is 20.3 Å². The van der Waals surface area contributed by atoms with E-state index in [0.717, 1.165) is 6.20 Å². The van der Waals surface area contributed by atoms with Gasteiger partial charge in [-0.1, -0.05) is 72.8 Å². The number of aryl methyl sites for hydroxylation is 1. The molecule has 1 aliphatic heterocycles. The van der Waals surface area contributed by atoms with Crippen LogP contribution in [0.1, 0.15) is 34.9 Å². The van der Waals surface area contributed by atoms with Gasteiger partial charge in [0.05, 0.1) is 13.2 Å². The number of benzene rings is 3. The van der Waals surface area contributed by atoms with Gasteiger partial charge in [-0.15, -0.1) is 0 Å². The lowest BCUT2D eigenvalue weighted by Gasteiger charge is -2.42. The zero-order valence-corrected chi connectivity index (χ0v) is 29.6. The Bertz CT molecular complexity index is 2190. The summed E-state index contributed by atoms with van der Waals surface area (Å²) < 4.78 is 158. The van der Waals surface area contributed by atoms with Gasteiger partial charge in [0.15, 0.2) is 0 Å². The number of nitrogens with zero attached hydrogens (tertiary/aromatic N) is 1. The quantitative estimate of drug-likeness (QED) is 0.0866. The smallest absolute Gasteiger partial charge is 0.497 e. The topological polar surface area (TPSA) is 169 Å². The van der Waals surface area contributed by atoms with Crippen LogP contribution in [0.15, 0.2) is 101 Å². The molecule has 1 aromatic heterocycles. The van der Waals surface area contributed by atoms with Crippen molar-refractivity contribution in [1.82, 2.24) is 9.55 Å². The molecular formula is C33H30F6N2O11S2. The van der Waals surface area contributed by atoms with Crippen LogP contribution in [0.4, 0.5) is 26.3 Å². The number of H-pyrrole nitrogens is 1. The number of aromatic nitrogens is 2. The predicted octanol–water partition coefficient (Wildman–Crippen LogP) is 4.62. The first-order valence-corrected chi connectivity index (χ1v) is 18.3. The number of hydrogen-bond donors (Lipinski definition) is 1. The highest BCUT2D eigenvalue weighted by atomic mass is 32.2. The molecule has 5 rings (SSSR count). The van der Waals surface area contributed by atoms with E-state index in [1.807, 2.05) is 4.98 Å². The molecule has 54 heavy (non-hydrogen) atoms. The van der Waals surface area contributed by atoms with Crippen LogP contribution >= 0.6 is 0 Å². The summed E-state index contributed by atoms with van der Waals surface area (Å²) in [6, 6.07) is 22.1. The lowest BCUT2D eigenvalue weighted by Crippen LogP contribution is -2.54. The first-order valence-electron chi connectivity index (χ1n) is 15.5. The Balaban J connectivity index is 1.80. The van der Waals surface area contributed by atoms with Gasteiger partial charge in [0.25, 0.3) is 5.56 Å². The third kappa shape index (κ3) is 7.96. The second-order valence-electron chi connectivity index (χ2n) is 11.9. The molecule has 2 heterocycles. The van der Waals surface area contributed by atoms with Crippen LogP contribution < -0.4 is 16.0 Å². The van der Waals surface area contributed by atoms with Crippen LogP contribution in [-0.4, -0.2) is 69.4 Å². The highest BCUT2D eigenvalue weighted by molar-refractivity contribution is 7.87. The Labute approximate surface area is 303 Å². The fourth-order valence-electron chi connectivity index (χ4n) is 5.79. The average Bonchev–Trinajstić information content (AvgIpc) is 3.48. The third-order valence-electron chi connectivity index (χ3n) is 8.49. The molecule has 1 aliphatic rings. The maximum atomic E-state index is 13.6. The van der Waals surface area contributed by atoms with E-state index < -0.39 is 85.7 Å². The maximum Gasteiger partial charge on any atom is 0.523 e. The molecule has 2 atom stereocenters. The minimum atomic E-state index is -6.53. The van der Waals surface area contributed by atoms with Crippen molar-refractivity contribution in [2.24, 2.45) is 0 Å². The molecular weight excluding hydrogens is 778 g/mol. The minimum absolute atomic E-state index is 0.0962. The zero-order valence-electron chi connectivity index (χ0n) is 28.0. The Kier molecular flexibility index (Phi) is 11.2. The molecule has 3 aromatic carbocycles. The van der Waals surface area contributed by atoms with Gasteiger partial charge in [-0.25, -0.2) is 4.79 Å². The van der Waals surface area contributed by atoms with Crippen LogP contribution in [0.3, 0.4) is 0 Å². The van der Waals surface area contributed by atoms with E-state index in [0.29, 0.717) is 21.4 Å². The van der Waals surface area contributed by atoms with Crippen LogP contribution in [0.2, 0.25) is 0 Å². The number of halogens is 6. The van der Waals surface area contributed by atoms with Crippen molar-refractivity contribution >= 4 is 20.2 Å². The molecule has 1 saturated heterocycles. The Morgan fingerprint density at radius 3 is 1.69 bits per heavy atom. The SMILES string of the molecule is COc1ccc(C(O[C@@H]2C[C@H](n3cc(C)c(=O)[nH]c3=O)OC2(COS(=O)(=O)C(F)(F)F)COS(=O)(=O)C(F)(F)F)(c2ccccc2)c2ccccc2)cc1. The van der Waals surface area contributed by atoms with E-state index in [2.05, 4.69) is 8.37 Å². The van der Waals surface area contributed by atoms with Gasteiger partial charge in [0.2, 0.25) is 0 Å². The fourth-order valence-corrected chi connectivity index (χ4v) is 6.77. The van der Waals surface area contributed by atoms with Crippen molar-refractivity contribution in [3.05, 3.63) is 134 Å². The third-order valence-corrected chi connectivity index (χ3v) is 10.5. The molecule has 1 N–H and O–H groups in total.